The molecule has 0 bridgehead atoms. The van der Waals surface area contributed by atoms with E-state index in [1.165, 1.54) is 13.0 Å². The highest BCUT2D eigenvalue weighted by atomic mass is 32.2. The minimum atomic E-state index is -3.70. The largest absolute Gasteiger partial charge is 0.398 e. The minimum Gasteiger partial charge on any atom is -0.398 e. The zero-order valence-corrected chi connectivity index (χ0v) is 10.9. The van der Waals surface area contributed by atoms with Crippen molar-refractivity contribution in [3.8, 4) is 0 Å². The second kappa shape index (κ2) is 5.01. The third-order valence-corrected chi connectivity index (χ3v) is 4.21. The van der Waals surface area contributed by atoms with Crippen molar-refractivity contribution in [1.29, 1.82) is 0 Å². The van der Waals surface area contributed by atoms with Crippen molar-refractivity contribution in [2.45, 2.75) is 38.1 Å². The summed E-state index contributed by atoms with van der Waals surface area (Å²) in [4.78, 5) is -0.140. The number of hydrogen-bond donors (Lipinski definition) is 2. The molecule has 0 radical (unpaired) electrons. The lowest BCUT2D eigenvalue weighted by atomic mass is 10.2. The Hall–Kier alpha value is -1.14. The molecule has 1 unspecified atom stereocenters. The highest BCUT2D eigenvalue weighted by Crippen LogP contribution is 2.21. The third kappa shape index (κ3) is 3.17. The van der Waals surface area contributed by atoms with Crippen LogP contribution in [0.4, 0.5) is 10.1 Å². The summed E-state index contributed by atoms with van der Waals surface area (Å²) < 4.78 is 39.6. The Morgan fingerprint density at radius 2 is 2.06 bits per heavy atom. The number of nitrogens with two attached hydrogens (primary N) is 1. The van der Waals surface area contributed by atoms with Gasteiger partial charge in [0.05, 0.1) is 4.90 Å². The van der Waals surface area contributed by atoms with E-state index in [2.05, 4.69) is 4.72 Å². The first-order valence-electron chi connectivity index (χ1n) is 5.36. The fourth-order valence-corrected chi connectivity index (χ4v) is 2.62. The van der Waals surface area contributed by atoms with Crippen LogP contribution in [0.5, 0.6) is 0 Å². The van der Waals surface area contributed by atoms with Gasteiger partial charge in [-0.3, -0.25) is 0 Å². The van der Waals surface area contributed by atoms with Gasteiger partial charge in [0.25, 0.3) is 0 Å². The first kappa shape index (κ1) is 13.9. The summed E-state index contributed by atoms with van der Waals surface area (Å²) in [7, 11) is -3.70. The van der Waals surface area contributed by atoms with Crippen LogP contribution in [-0.2, 0) is 10.0 Å². The Kier molecular flexibility index (Phi) is 4.11. The Bertz CT molecular complexity index is 491. The number of hydrogen-bond acceptors (Lipinski definition) is 3. The summed E-state index contributed by atoms with van der Waals surface area (Å²) in [6, 6.07) is 2.05. The third-order valence-electron chi connectivity index (χ3n) is 2.64. The fourth-order valence-electron chi connectivity index (χ4n) is 1.25. The van der Waals surface area contributed by atoms with Gasteiger partial charge >= 0.3 is 0 Å². The zero-order valence-electron chi connectivity index (χ0n) is 10.1. The molecule has 0 saturated heterocycles. The van der Waals surface area contributed by atoms with Gasteiger partial charge in [-0.25, -0.2) is 17.5 Å². The number of sulfonamides is 1. The Labute approximate surface area is 101 Å². The van der Waals surface area contributed by atoms with E-state index in [9.17, 15) is 12.8 Å². The molecule has 0 aliphatic carbocycles. The highest BCUT2D eigenvalue weighted by Gasteiger charge is 2.19. The average Bonchev–Trinajstić information content (AvgIpc) is 2.24. The molecule has 1 aromatic rings. The van der Waals surface area contributed by atoms with Crippen LogP contribution in [0.25, 0.3) is 0 Å². The number of halogens is 1. The van der Waals surface area contributed by atoms with Gasteiger partial charge in [0.15, 0.2) is 0 Å². The highest BCUT2D eigenvalue weighted by molar-refractivity contribution is 7.89. The molecule has 0 aliphatic heterocycles. The number of nitrogens with one attached hydrogen (secondary N) is 1. The average molecular weight is 260 g/mol. The molecule has 3 N–H and O–H groups in total. The van der Waals surface area contributed by atoms with Gasteiger partial charge in [-0.2, -0.15) is 0 Å². The summed E-state index contributed by atoms with van der Waals surface area (Å²) in [6.07, 6.45) is 0.656. The Balaban J connectivity index is 3.16. The van der Waals surface area contributed by atoms with Crippen LogP contribution in [0.3, 0.4) is 0 Å². The van der Waals surface area contributed by atoms with Gasteiger partial charge < -0.3 is 5.73 Å². The Morgan fingerprint density at radius 1 is 1.47 bits per heavy atom. The van der Waals surface area contributed by atoms with E-state index in [0.29, 0.717) is 6.42 Å². The molecule has 1 aromatic carbocycles. The van der Waals surface area contributed by atoms with Crippen molar-refractivity contribution in [2.24, 2.45) is 0 Å². The summed E-state index contributed by atoms with van der Waals surface area (Å²) in [5, 5.41) is 0. The predicted octanol–water partition coefficient (Wildman–Crippen LogP) is 1.79. The van der Waals surface area contributed by atoms with Crippen molar-refractivity contribution < 1.29 is 12.8 Å². The number of benzene rings is 1. The second-order valence-electron chi connectivity index (χ2n) is 4.05. The molecule has 6 heteroatoms. The quantitative estimate of drug-likeness (QED) is 0.811. The molecule has 0 saturated carbocycles. The van der Waals surface area contributed by atoms with Crippen molar-refractivity contribution in [3.05, 3.63) is 23.5 Å². The number of anilines is 1. The molecule has 17 heavy (non-hydrogen) atoms. The minimum absolute atomic E-state index is 0.134. The van der Waals surface area contributed by atoms with E-state index in [1.807, 2.05) is 6.92 Å². The lowest BCUT2D eigenvalue weighted by Gasteiger charge is -2.13. The van der Waals surface area contributed by atoms with Crippen LogP contribution in [0.2, 0.25) is 0 Å². The molecule has 0 aliphatic rings. The van der Waals surface area contributed by atoms with Crippen LogP contribution >= 0.6 is 0 Å². The Morgan fingerprint density at radius 3 is 2.53 bits per heavy atom. The summed E-state index contributed by atoms with van der Waals surface area (Å²) >= 11 is 0. The van der Waals surface area contributed by atoms with E-state index in [-0.39, 0.29) is 22.2 Å². The zero-order chi connectivity index (χ0) is 13.2. The number of rotatable bonds is 4. The second-order valence-corrected chi connectivity index (χ2v) is 5.76. The van der Waals surface area contributed by atoms with Gasteiger partial charge in [-0.1, -0.05) is 6.92 Å². The standard InChI is InChI=1S/C11H17FN2O2S/c1-4-7(2)14-17(15,16)9-5-10(12)8(3)11(13)6-9/h5-7,14H,4,13H2,1-3H3. The van der Waals surface area contributed by atoms with Gasteiger partial charge in [-0.05, 0) is 32.4 Å². The normalized spacial score (nSPS) is 13.6. The fraction of sp³-hybridized carbons (Fsp3) is 0.455. The van der Waals surface area contributed by atoms with Crippen LogP contribution in [0.15, 0.2) is 17.0 Å². The van der Waals surface area contributed by atoms with Crippen LogP contribution in [0, 0.1) is 12.7 Å². The molecule has 0 heterocycles. The van der Waals surface area contributed by atoms with Crippen LogP contribution in [-0.4, -0.2) is 14.5 Å². The van der Waals surface area contributed by atoms with E-state index in [4.69, 9.17) is 5.73 Å². The lowest BCUT2D eigenvalue weighted by Crippen LogP contribution is -2.32. The maximum atomic E-state index is 13.4. The van der Waals surface area contributed by atoms with Gasteiger partial charge in [-0.15, -0.1) is 0 Å². The van der Waals surface area contributed by atoms with E-state index in [1.54, 1.807) is 6.92 Å². The van der Waals surface area contributed by atoms with Gasteiger partial charge in [0, 0.05) is 17.3 Å². The summed E-state index contributed by atoms with van der Waals surface area (Å²) in [5.41, 5.74) is 5.94. The van der Waals surface area contributed by atoms with Gasteiger partial charge in [0.1, 0.15) is 5.82 Å². The monoisotopic (exact) mass is 260 g/mol. The molecule has 0 amide bonds. The molecule has 4 nitrogen and oxygen atoms in total. The van der Waals surface area contributed by atoms with Crippen LogP contribution in [0.1, 0.15) is 25.8 Å². The van der Waals surface area contributed by atoms with Gasteiger partial charge in [0.2, 0.25) is 10.0 Å². The van der Waals surface area contributed by atoms with Crippen molar-refractivity contribution in [3.63, 3.8) is 0 Å². The maximum Gasteiger partial charge on any atom is 0.240 e. The predicted molar refractivity (Wildman–Crippen MR) is 65.6 cm³/mol. The SMILES string of the molecule is CCC(C)NS(=O)(=O)c1cc(N)c(C)c(F)c1. The maximum absolute atomic E-state index is 13.4. The first-order valence-corrected chi connectivity index (χ1v) is 6.84. The molecule has 0 spiro atoms. The molecular weight excluding hydrogens is 243 g/mol. The van der Waals surface area contributed by atoms with E-state index < -0.39 is 15.8 Å². The summed E-state index contributed by atoms with van der Waals surface area (Å²) in [6.45, 7) is 5.10. The molecule has 0 aromatic heterocycles. The molecule has 0 fully saturated rings. The summed E-state index contributed by atoms with van der Waals surface area (Å²) in [5.74, 6) is -0.616. The lowest BCUT2D eigenvalue weighted by molar-refractivity contribution is 0.553. The molecule has 96 valence electrons. The first-order chi connectivity index (χ1) is 7.77. The molecular formula is C11H17FN2O2S. The topological polar surface area (TPSA) is 72.2 Å². The smallest absolute Gasteiger partial charge is 0.240 e. The van der Waals surface area contributed by atoms with Crippen LogP contribution < -0.4 is 10.5 Å². The van der Waals surface area contributed by atoms with E-state index >= 15 is 0 Å². The van der Waals surface area contributed by atoms with E-state index in [0.717, 1.165) is 6.07 Å². The van der Waals surface area contributed by atoms with Crippen molar-refractivity contribution in [1.82, 2.24) is 4.72 Å². The van der Waals surface area contributed by atoms with Crippen molar-refractivity contribution in [2.75, 3.05) is 5.73 Å². The number of nitrogen functional groups attached to an aromatic ring is 1. The molecule has 1 rings (SSSR count). The van der Waals surface area contributed by atoms with Crippen molar-refractivity contribution >= 4 is 15.7 Å². The molecule has 1 atom stereocenters.